The molecule has 0 spiro atoms. The number of aromatic nitrogens is 2. The molecule has 27 heavy (non-hydrogen) atoms. The number of amides is 1. The molecule has 0 saturated carbocycles. The Labute approximate surface area is 158 Å². The first-order valence-corrected chi connectivity index (χ1v) is 8.86. The maximum Gasteiger partial charge on any atom is 0.228 e. The van der Waals surface area contributed by atoms with E-state index in [1.807, 2.05) is 18.2 Å². The molecule has 2 N–H and O–H groups in total. The van der Waals surface area contributed by atoms with Crippen LogP contribution in [0.25, 0.3) is 0 Å². The predicted molar refractivity (Wildman–Crippen MR) is 101 cm³/mol. The van der Waals surface area contributed by atoms with E-state index in [9.17, 15) is 4.79 Å². The lowest BCUT2D eigenvalue weighted by molar-refractivity contribution is -0.122. The topological polar surface area (TPSA) is 94.6 Å². The number of rotatable bonds is 7. The number of methoxy groups -OCH3 is 2. The molecule has 1 aliphatic rings. The van der Waals surface area contributed by atoms with E-state index < -0.39 is 0 Å². The fourth-order valence-electron chi connectivity index (χ4n) is 2.86. The van der Waals surface area contributed by atoms with Crippen molar-refractivity contribution in [3.63, 3.8) is 0 Å². The van der Waals surface area contributed by atoms with Crippen LogP contribution < -0.4 is 20.1 Å². The zero-order valence-electron chi connectivity index (χ0n) is 15.5. The van der Waals surface area contributed by atoms with Gasteiger partial charge in [0.25, 0.3) is 0 Å². The van der Waals surface area contributed by atoms with Crippen LogP contribution in [0.15, 0.2) is 30.3 Å². The highest BCUT2D eigenvalue weighted by molar-refractivity contribution is 5.91. The van der Waals surface area contributed by atoms with Gasteiger partial charge in [-0.05, 0) is 42.7 Å². The lowest BCUT2D eigenvalue weighted by Gasteiger charge is -2.20. The first kappa shape index (κ1) is 18.9. The molecule has 3 rings (SSSR count). The van der Waals surface area contributed by atoms with E-state index in [2.05, 4.69) is 20.8 Å². The molecular formula is C19H24N4O4. The largest absolute Gasteiger partial charge is 0.493 e. The van der Waals surface area contributed by atoms with Gasteiger partial charge in [-0.1, -0.05) is 6.07 Å². The SMILES string of the molecule is COc1ccc(CNc2ccc(NC(=O)C3CCOCC3)nn2)cc1OC. The number of hydrogen-bond acceptors (Lipinski definition) is 7. The Kier molecular flexibility index (Phi) is 6.43. The Morgan fingerprint density at radius 2 is 1.78 bits per heavy atom. The second-order valence-electron chi connectivity index (χ2n) is 6.22. The molecule has 1 aromatic heterocycles. The van der Waals surface area contributed by atoms with Gasteiger partial charge in [0.1, 0.15) is 5.82 Å². The van der Waals surface area contributed by atoms with Crippen molar-refractivity contribution >= 4 is 17.5 Å². The molecule has 1 fully saturated rings. The maximum atomic E-state index is 12.2. The summed E-state index contributed by atoms with van der Waals surface area (Å²) < 4.78 is 15.8. The van der Waals surface area contributed by atoms with E-state index in [4.69, 9.17) is 14.2 Å². The second-order valence-corrected chi connectivity index (χ2v) is 6.22. The van der Waals surface area contributed by atoms with Crippen molar-refractivity contribution in [2.45, 2.75) is 19.4 Å². The van der Waals surface area contributed by atoms with Crippen LogP contribution in [0.2, 0.25) is 0 Å². The Morgan fingerprint density at radius 3 is 2.44 bits per heavy atom. The zero-order valence-corrected chi connectivity index (χ0v) is 15.5. The molecule has 144 valence electrons. The minimum Gasteiger partial charge on any atom is -0.493 e. The standard InChI is InChI=1S/C19H24N4O4/c1-25-15-4-3-13(11-16(15)26-2)12-20-17-5-6-18(23-22-17)21-19(24)14-7-9-27-10-8-14/h3-6,11,14H,7-10,12H2,1-2H3,(H,20,22)(H,21,23,24). The molecule has 1 amide bonds. The van der Waals surface area contributed by atoms with E-state index in [1.165, 1.54) is 0 Å². The Bertz CT molecular complexity index is 761. The van der Waals surface area contributed by atoms with Crippen molar-refractivity contribution in [3.05, 3.63) is 35.9 Å². The lowest BCUT2D eigenvalue weighted by Crippen LogP contribution is -2.28. The van der Waals surface area contributed by atoms with Crippen LogP contribution >= 0.6 is 0 Å². The summed E-state index contributed by atoms with van der Waals surface area (Å²) >= 11 is 0. The highest BCUT2D eigenvalue weighted by atomic mass is 16.5. The Morgan fingerprint density at radius 1 is 1.07 bits per heavy atom. The Hall–Kier alpha value is -2.87. The number of carbonyl (C=O) groups excluding carboxylic acids is 1. The lowest BCUT2D eigenvalue weighted by atomic mass is 9.99. The van der Waals surface area contributed by atoms with Crippen molar-refractivity contribution in [1.29, 1.82) is 0 Å². The van der Waals surface area contributed by atoms with Crippen LogP contribution in [0.4, 0.5) is 11.6 Å². The summed E-state index contributed by atoms with van der Waals surface area (Å²) in [6.45, 7) is 1.81. The van der Waals surface area contributed by atoms with Gasteiger partial charge in [-0.25, -0.2) is 0 Å². The summed E-state index contributed by atoms with van der Waals surface area (Å²) in [7, 11) is 3.21. The quantitative estimate of drug-likeness (QED) is 0.771. The van der Waals surface area contributed by atoms with E-state index in [-0.39, 0.29) is 11.8 Å². The van der Waals surface area contributed by atoms with E-state index >= 15 is 0 Å². The van der Waals surface area contributed by atoms with Gasteiger partial charge in [0.15, 0.2) is 17.3 Å². The summed E-state index contributed by atoms with van der Waals surface area (Å²) in [6, 6.07) is 9.23. The van der Waals surface area contributed by atoms with Crippen LogP contribution in [-0.2, 0) is 16.1 Å². The Balaban J connectivity index is 1.54. The number of carbonyl (C=O) groups is 1. The van der Waals surface area contributed by atoms with Crippen LogP contribution in [0, 0.1) is 5.92 Å². The monoisotopic (exact) mass is 372 g/mol. The van der Waals surface area contributed by atoms with Gasteiger partial charge in [0, 0.05) is 25.7 Å². The summed E-state index contributed by atoms with van der Waals surface area (Å²) in [4.78, 5) is 12.2. The van der Waals surface area contributed by atoms with Gasteiger partial charge in [-0.3, -0.25) is 4.79 Å². The van der Waals surface area contributed by atoms with Crippen molar-refractivity contribution < 1.29 is 19.0 Å². The molecule has 0 atom stereocenters. The van der Waals surface area contributed by atoms with Gasteiger partial charge in [0.2, 0.25) is 5.91 Å². The van der Waals surface area contributed by atoms with Crippen LogP contribution in [-0.4, -0.2) is 43.5 Å². The first-order valence-electron chi connectivity index (χ1n) is 8.86. The molecule has 0 bridgehead atoms. The number of ether oxygens (including phenoxy) is 3. The van der Waals surface area contributed by atoms with Gasteiger partial charge >= 0.3 is 0 Å². The molecule has 0 unspecified atom stereocenters. The number of nitrogens with one attached hydrogen (secondary N) is 2. The van der Waals surface area contributed by atoms with Crippen molar-refractivity contribution in [3.8, 4) is 11.5 Å². The average molecular weight is 372 g/mol. The molecule has 0 aliphatic carbocycles. The fraction of sp³-hybridized carbons (Fsp3) is 0.421. The molecule has 0 radical (unpaired) electrons. The maximum absolute atomic E-state index is 12.2. The third kappa shape index (κ3) is 5.07. The summed E-state index contributed by atoms with van der Waals surface area (Å²) in [5, 5.41) is 14.2. The number of benzene rings is 1. The normalized spacial score (nSPS) is 14.4. The molecule has 1 aliphatic heterocycles. The van der Waals surface area contributed by atoms with Crippen LogP contribution in [0.1, 0.15) is 18.4 Å². The molecule has 1 aromatic carbocycles. The first-order chi connectivity index (χ1) is 13.2. The van der Waals surface area contributed by atoms with E-state index in [0.29, 0.717) is 42.9 Å². The molecule has 8 heteroatoms. The molecule has 2 heterocycles. The molecule has 2 aromatic rings. The molecule has 1 saturated heterocycles. The van der Waals surface area contributed by atoms with Gasteiger partial charge in [0.05, 0.1) is 14.2 Å². The molecular weight excluding hydrogens is 348 g/mol. The number of nitrogens with zero attached hydrogens (tertiary/aromatic N) is 2. The fourth-order valence-corrected chi connectivity index (χ4v) is 2.86. The van der Waals surface area contributed by atoms with Gasteiger partial charge in [-0.2, -0.15) is 0 Å². The summed E-state index contributed by atoms with van der Waals surface area (Å²) in [6.07, 6.45) is 1.48. The third-order valence-corrected chi connectivity index (χ3v) is 4.43. The smallest absolute Gasteiger partial charge is 0.228 e. The van der Waals surface area contributed by atoms with Crippen molar-refractivity contribution in [2.24, 2.45) is 5.92 Å². The molecule has 8 nitrogen and oxygen atoms in total. The highest BCUT2D eigenvalue weighted by Crippen LogP contribution is 2.27. The second kappa shape index (κ2) is 9.18. The van der Waals surface area contributed by atoms with E-state index in [1.54, 1.807) is 26.4 Å². The van der Waals surface area contributed by atoms with Crippen molar-refractivity contribution in [2.75, 3.05) is 38.1 Å². The van der Waals surface area contributed by atoms with Crippen LogP contribution in [0.3, 0.4) is 0 Å². The summed E-state index contributed by atoms with van der Waals surface area (Å²) in [5.41, 5.74) is 1.02. The minimum absolute atomic E-state index is 0.0246. The number of hydrogen-bond donors (Lipinski definition) is 2. The minimum atomic E-state index is -0.0290. The van der Waals surface area contributed by atoms with Gasteiger partial charge < -0.3 is 24.8 Å². The number of anilines is 2. The predicted octanol–water partition coefficient (Wildman–Crippen LogP) is 2.47. The third-order valence-electron chi connectivity index (χ3n) is 4.43. The van der Waals surface area contributed by atoms with Gasteiger partial charge in [-0.15, -0.1) is 10.2 Å². The van der Waals surface area contributed by atoms with Crippen LogP contribution in [0.5, 0.6) is 11.5 Å². The highest BCUT2D eigenvalue weighted by Gasteiger charge is 2.21. The summed E-state index contributed by atoms with van der Waals surface area (Å²) in [5.74, 6) is 2.37. The van der Waals surface area contributed by atoms with Crippen molar-refractivity contribution in [1.82, 2.24) is 10.2 Å². The van der Waals surface area contributed by atoms with E-state index in [0.717, 1.165) is 18.4 Å². The zero-order chi connectivity index (χ0) is 19.1. The average Bonchev–Trinajstić information content (AvgIpc) is 2.73.